The zero-order valence-electron chi connectivity index (χ0n) is 10.7. The molecule has 1 aliphatic rings. The largest absolute Gasteiger partial charge is 0.373 e. The first-order valence-electron chi connectivity index (χ1n) is 6.35. The fourth-order valence-electron chi connectivity index (χ4n) is 2.10. The van der Waals surface area contributed by atoms with Crippen LogP contribution in [0.1, 0.15) is 12.5 Å². The molecule has 0 saturated carbocycles. The zero-order valence-corrected chi connectivity index (χ0v) is 10.7. The van der Waals surface area contributed by atoms with Gasteiger partial charge in [-0.05, 0) is 12.5 Å². The predicted molar refractivity (Wildman–Crippen MR) is 70.1 cm³/mol. The van der Waals surface area contributed by atoms with Gasteiger partial charge in [0.15, 0.2) is 0 Å². The molecule has 1 amide bonds. The van der Waals surface area contributed by atoms with E-state index in [1.807, 2.05) is 42.2 Å². The number of ether oxygens (including phenoxy) is 1. The molecule has 1 saturated heterocycles. The number of hydrogen-bond acceptors (Lipinski definition) is 3. The van der Waals surface area contributed by atoms with Crippen LogP contribution in [0.5, 0.6) is 0 Å². The summed E-state index contributed by atoms with van der Waals surface area (Å²) in [5.74, 6) is 0.148. The molecule has 1 aromatic carbocycles. The summed E-state index contributed by atoms with van der Waals surface area (Å²) in [6.45, 7) is 3.75. The Morgan fingerprint density at radius 1 is 1.50 bits per heavy atom. The first-order chi connectivity index (χ1) is 8.66. The van der Waals surface area contributed by atoms with Crippen LogP contribution in [0.4, 0.5) is 0 Å². The number of amides is 1. The van der Waals surface area contributed by atoms with Crippen molar-refractivity contribution in [1.82, 2.24) is 4.90 Å². The van der Waals surface area contributed by atoms with Crippen LogP contribution < -0.4 is 5.73 Å². The minimum absolute atomic E-state index is 0.0431. The van der Waals surface area contributed by atoms with E-state index < -0.39 is 0 Å². The molecule has 2 atom stereocenters. The lowest BCUT2D eigenvalue weighted by Crippen LogP contribution is -2.51. The van der Waals surface area contributed by atoms with Crippen molar-refractivity contribution in [3.63, 3.8) is 0 Å². The Hall–Kier alpha value is -1.39. The maximum atomic E-state index is 12.2. The number of nitrogens with two attached hydrogens (primary N) is 1. The highest BCUT2D eigenvalue weighted by molar-refractivity contribution is 5.78. The molecule has 1 aromatic rings. The molecule has 18 heavy (non-hydrogen) atoms. The molecule has 4 heteroatoms. The van der Waals surface area contributed by atoms with Crippen LogP contribution in [0.15, 0.2) is 30.3 Å². The van der Waals surface area contributed by atoms with Gasteiger partial charge in [0.1, 0.15) is 0 Å². The van der Waals surface area contributed by atoms with Crippen molar-refractivity contribution in [1.29, 1.82) is 0 Å². The summed E-state index contributed by atoms with van der Waals surface area (Å²) in [6.07, 6.45) is 0.408. The maximum absolute atomic E-state index is 12.2. The fraction of sp³-hybridized carbons (Fsp3) is 0.500. The second kappa shape index (κ2) is 5.98. The van der Waals surface area contributed by atoms with E-state index in [9.17, 15) is 4.79 Å². The molecule has 1 aliphatic heterocycles. The van der Waals surface area contributed by atoms with Crippen molar-refractivity contribution in [3.8, 4) is 0 Å². The second-order valence-electron chi connectivity index (χ2n) is 4.77. The number of nitrogens with zero attached hydrogens (tertiary/aromatic N) is 1. The van der Waals surface area contributed by atoms with Crippen LogP contribution in [-0.4, -0.2) is 42.6 Å². The molecule has 4 nitrogen and oxygen atoms in total. The first kappa shape index (κ1) is 13.1. The number of morpholine rings is 1. The van der Waals surface area contributed by atoms with Gasteiger partial charge in [-0.2, -0.15) is 0 Å². The van der Waals surface area contributed by atoms with Gasteiger partial charge in [-0.3, -0.25) is 4.79 Å². The Morgan fingerprint density at radius 3 is 2.89 bits per heavy atom. The number of rotatable bonds is 3. The zero-order chi connectivity index (χ0) is 13.0. The van der Waals surface area contributed by atoms with Crippen molar-refractivity contribution in [2.24, 2.45) is 5.73 Å². The third kappa shape index (κ3) is 3.31. The summed E-state index contributed by atoms with van der Waals surface area (Å²) < 4.78 is 5.55. The first-order valence-corrected chi connectivity index (χ1v) is 6.35. The topological polar surface area (TPSA) is 55.6 Å². The van der Waals surface area contributed by atoms with Crippen LogP contribution in [0.3, 0.4) is 0 Å². The molecule has 0 spiro atoms. The smallest absolute Gasteiger partial charge is 0.227 e. The van der Waals surface area contributed by atoms with Crippen molar-refractivity contribution in [2.75, 3.05) is 19.7 Å². The van der Waals surface area contributed by atoms with E-state index in [1.54, 1.807) is 0 Å². The van der Waals surface area contributed by atoms with Crippen molar-refractivity contribution in [2.45, 2.75) is 25.5 Å². The molecule has 1 heterocycles. The van der Waals surface area contributed by atoms with Gasteiger partial charge < -0.3 is 15.4 Å². The van der Waals surface area contributed by atoms with Gasteiger partial charge in [-0.25, -0.2) is 0 Å². The lowest BCUT2D eigenvalue weighted by molar-refractivity contribution is -0.138. The van der Waals surface area contributed by atoms with Gasteiger partial charge in [0.05, 0.1) is 19.1 Å². The van der Waals surface area contributed by atoms with E-state index in [4.69, 9.17) is 10.5 Å². The summed E-state index contributed by atoms with van der Waals surface area (Å²) in [4.78, 5) is 14.0. The number of carbonyl (C=O) groups is 1. The van der Waals surface area contributed by atoms with Crippen LogP contribution in [0, 0.1) is 0 Å². The van der Waals surface area contributed by atoms with Crippen LogP contribution >= 0.6 is 0 Å². The van der Waals surface area contributed by atoms with E-state index in [0.717, 1.165) is 5.56 Å². The van der Waals surface area contributed by atoms with Gasteiger partial charge in [0.2, 0.25) is 5.91 Å². The summed E-state index contributed by atoms with van der Waals surface area (Å²) in [5.41, 5.74) is 6.87. The Kier molecular flexibility index (Phi) is 4.33. The average Bonchev–Trinajstić information content (AvgIpc) is 2.40. The molecule has 1 fully saturated rings. The molecular weight excluding hydrogens is 228 g/mol. The van der Waals surface area contributed by atoms with Gasteiger partial charge in [-0.15, -0.1) is 0 Å². The van der Waals surface area contributed by atoms with E-state index in [0.29, 0.717) is 26.1 Å². The average molecular weight is 248 g/mol. The SMILES string of the molecule is CC(N)C1CN(C(=O)Cc2ccccc2)CCO1. The number of benzene rings is 1. The third-order valence-electron chi connectivity index (χ3n) is 3.23. The maximum Gasteiger partial charge on any atom is 0.227 e. The lowest BCUT2D eigenvalue weighted by atomic mass is 10.1. The molecule has 0 aromatic heterocycles. The quantitative estimate of drug-likeness (QED) is 0.861. The minimum Gasteiger partial charge on any atom is -0.373 e. The summed E-state index contributed by atoms with van der Waals surface area (Å²) in [7, 11) is 0. The summed E-state index contributed by atoms with van der Waals surface area (Å²) in [5, 5.41) is 0. The number of hydrogen-bond donors (Lipinski definition) is 1. The predicted octanol–water partition coefficient (Wildman–Crippen LogP) is 0.804. The summed E-state index contributed by atoms with van der Waals surface area (Å²) >= 11 is 0. The third-order valence-corrected chi connectivity index (χ3v) is 3.23. The van der Waals surface area contributed by atoms with Crippen molar-refractivity contribution in [3.05, 3.63) is 35.9 Å². The molecular formula is C14H20N2O2. The van der Waals surface area contributed by atoms with Crippen LogP contribution in [-0.2, 0) is 16.0 Å². The minimum atomic E-state index is -0.0441. The highest BCUT2D eigenvalue weighted by Gasteiger charge is 2.26. The van der Waals surface area contributed by atoms with Crippen LogP contribution in [0.2, 0.25) is 0 Å². The Labute approximate surface area is 108 Å². The Bertz CT molecular complexity index is 392. The second-order valence-corrected chi connectivity index (χ2v) is 4.77. The monoisotopic (exact) mass is 248 g/mol. The summed E-state index contributed by atoms with van der Waals surface area (Å²) in [6, 6.07) is 9.76. The lowest BCUT2D eigenvalue weighted by Gasteiger charge is -2.34. The van der Waals surface area contributed by atoms with Crippen molar-refractivity contribution < 1.29 is 9.53 Å². The Morgan fingerprint density at radius 2 is 2.22 bits per heavy atom. The van der Waals surface area contributed by atoms with E-state index >= 15 is 0 Å². The molecule has 2 N–H and O–H groups in total. The molecule has 2 rings (SSSR count). The Balaban J connectivity index is 1.93. The highest BCUT2D eigenvalue weighted by Crippen LogP contribution is 2.10. The standard InChI is InChI=1S/C14H20N2O2/c1-11(15)13-10-16(7-8-18-13)14(17)9-12-5-3-2-4-6-12/h2-6,11,13H,7-10,15H2,1H3. The number of carbonyl (C=O) groups excluding carboxylic acids is 1. The van der Waals surface area contributed by atoms with Gasteiger partial charge in [-0.1, -0.05) is 30.3 Å². The van der Waals surface area contributed by atoms with E-state index in [-0.39, 0.29) is 18.1 Å². The van der Waals surface area contributed by atoms with Crippen molar-refractivity contribution >= 4 is 5.91 Å². The molecule has 2 unspecified atom stereocenters. The normalized spacial score (nSPS) is 21.7. The molecule has 98 valence electrons. The highest BCUT2D eigenvalue weighted by atomic mass is 16.5. The van der Waals surface area contributed by atoms with Gasteiger partial charge in [0.25, 0.3) is 0 Å². The van der Waals surface area contributed by atoms with Gasteiger partial charge >= 0.3 is 0 Å². The van der Waals surface area contributed by atoms with Crippen LogP contribution in [0.25, 0.3) is 0 Å². The molecule has 0 bridgehead atoms. The molecule has 0 aliphatic carbocycles. The van der Waals surface area contributed by atoms with E-state index in [2.05, 4.69) is 0 Å². The molecule has 0 radical (unpaired) electrons. The van der Waals surface area contributed by atoms with E-state index in [1.165, 1.54) is 0 Å². The van der Waals surface area contributed by atoms with Gasteiger partial charge in [0, 0.05) is 19.1 Å². The fourth-order valence-corrected chi connectivity index (χ4v) is 2.10.